The number of halogens is 3. The Kier molecular flexibility index (Phi) is 12.4. The van der Waals surface area contributed by atoms with Crippen LogP contribution in [-0.4, -0.2) is 81.5 Å². The summed E-state index contributed by atoms with van der Waals surface area (Å²) in [6.07, 6.45) is 2.84. The van der Waals surface area contributed by atoms with Gasteiger partial charge in [0.25, 0.3) is 0 Å². The number of benzene rings is 2. The Morgan fingerprint density at radius 2 is 1.76 bits per heavy atom. The van der Waals surface area contributed by atoms with Crippen LogP contribution >= 0.6 is 12.4 Å². The minimum atomic E-state index is -1.33. The predicted octanol–water partition coefficient (Wildman–Crippen LogP) is 3.54. The smallest absolute Gasteiger partial charge is 0.341 e. The Hall–Kier alpha value is -4.07. The summed E-state index contributed by atoms with van der Waals surface area (Å²) in [5.74, 6) is -3.44. The summed E-state index contributed by atoms with van der Waals surface area (Å²) in [7, 11) is 3.88. The van der Waals surface area contributed by atoms with Crippen LogP contribution in [0.5, 0.6) is 0 Å². The van der Waals surface area contributed by atoms with Gasteiger partial charge in [0.05, 0.1) is 44.1 Å². The summed E-state index contributed by atoms with van der Waals surface area (Å²) >= 11 is 0. The third-order valence-electron chi connectivity index (χ3n) is 8.18. The Morgan fingerprint density at radius 3 is 2.33 bits per heavy atom. The average molecular weight is 651 g/mol. The quantitative estimate of drug-likeness (QED) is 0.264. The van der Waals surface area contributed by atoms with Crippen LogP contribution in [0.1, 0.15) is 42.9 Å². The van der Waals surface area contributed by atoms with Gasteiger partial charge in [0.1, 0.15) is 6.04 Å². The Balaban J connectivity index is 0.00000552. The van der Waals surface area contributed by atoms with E-state index in [0.29, 0.717) is 32.1 Å². The predicted molar refractivity (Wildman–Crippen MR) is 161 cm³/mol. The average Bonchev–Trinajstić information content (AvgIpc) is 3.04. The van der Waals surface area contributed by atoms with Gasteiger partial charge in [-0.1, -0.05) is 36.4 Å². The fourth-order valence-electron chi connectivity index (χ4n) is 5.99. The first-order valence-electron chi connectivity index (χ1n) is 14.1. The van der Waals surface area contributed by atoms with Gasteiger partial charge in [-0.15, -0.1) is 12.4 Å². The first kappa shape index (κ1) is 35.4. The van der Waals surface area contributed by atoms with Gasteiger partial charge >= 0.3 is 18.0 Å². The summed E-state index contributed by atoms with van der Waals surface area (Å²) in [6.45, 7) is 0.0451. The van der Waals surface area contributed by atoms with Gasteiger partial charge in [0.2, 0.25) is 6.41 Å². The van der Waals surface area contributed by atoms with Crippen LogP contribution in [0.2, 0.25) is 0 Å². The van der Waals surface area contributed by atoms with Crippen LogP contribution in [0, 0.1) is 11.6 Å². The molecule has 45 heavy (non-hydrogen) atoms. The van der Waals surface area contributed by atoms with Crippen molar-refractivity contribution >= 4 is 36.8 Å². The lowest BCUT2D eigenvalue weighted by molar-refractivity contribution is -0.149. The fraction of sp³-hybridized carbons (Fsp3) is 0.419. The van der Waals surface area contributed by atoms with Gasteiger partial charge < -0.3 is 24.8 Å². The van der Waals surface area contributed by atoms with Gasteiger partial charge in [0.15, 0.2) is 11.6 Å². The number of hydrogen-bond acceptors (Lipinski definition) is 8. The maximum absolute atomic E-state index is 14.4. The molecule has 1 saturated carbocycles. The molecule has 2 aliphatic rings. The molecular weight excluding hydrogens is 614 g/mol. The van der Waals surface area contributed by atoms with Gasteiger partial charge in [-0.25, -0.2) is 23.4 Å². The molecule has 1 unspecified atom stereocenters. The van der Waals surface area contributed by atoms with Crippen molar-refractivity contribution in [1.29, 1.82) is 0 Å². The third kappa shape index (κ3) is 7.43. The number of methoxy groups -OCH3 is 3. The number of hydrogen-bond donors (Lipinski definition) is 2. The number of carbonyl (C=O) groups is 4. The van der Waals surface area contributed by atoms with Crippen LogP contribution in [0.4, 0.5) is 13.6 Å². The number of amides is 3. The monoisotopic (exact) mass is 650 g/mol. The minimum absolute atomic E-state index is 0. The minimum Gasteiger partial charge on any atom is -0.468 e. The summed E-state index contributed by atoms with van der Waals surface area (Å²) < 4.78 is 43.5. The lowest BCUT2D eigenvalue weighted by atomic mass is 9.68. The van der Waals surface area contributed by atoms with E-state index < -0.39 is 35.1 Å². The third-order valence-corrected chi connectivity index (χ3v) is 8.18. The first-order valence-corrected chi connectivity index (χ1v) is 14.1. The molecule has 1 aliphatic carbocycles. The van der Waals surface area contributed by atoms with E-state index in [1.165, 1.54) is 20.3 Å². The van der Waals surface area contributed by atoms with Gasteiger partial charge in [-0.3, -0.25) is 14.6 Å². The number of carbonyl (C=O) groups excluding carboxylic acids is 4. The zero-order chi connectivity index (χ0) is 31.9. The van der Waals surface area contributed by atoms with Crippen LogP contribution in [0.25, 0.3) is 0 Å². The molecule has 0 bridgehead atoms. The van der Waals surface area contributed by atoms with Crippen molar-refractivity contribution in [2.24, 2.45) is 0 Å². The molecule has 0 saturated heterocycles. The lowest BCUT2D eigenvalue weighted by Crippen LogP contribution is -2.58. The highest BCUT2D eigenvalue weighted by Crippen LogP contribution is 2.41. The van der Waals surface area contributed by atoms with Crippen molar-refractivity contribution in [3.05, 3.63) is 82.6 Å². The highest BCUT2D eigenvalue weighted by molar-refractivity contribution is 5.95. The van der Waals surface area contributed by atoms with E-state index in [4.69, 9.17) is 14.2 Å². The van der Waals surface area contributed by atoms with Gasteiger partial charge in [0, 0.05) is 19.7 Å². The molecule has 0 radical (unpaired) electrons. The van der Waals surface area contributed by atoms with E-state index in [1.54, 1.807) is 0 Å². The number of nitrogens with zero attached hydrogens (tertiary/aromatic N) is 2. The van der Waals surface area contributed by atoms with Crippen LogP contribution < -0.4 is 10.6 Å². The number of rotatable bonds is 12. The van der Waals surface area contributed by atoms with Crippen LogP contribution in [-0.2, 0) is 34.0 Å². The standard InChI is InChI=1S/C31H36F2N4O7.ClH/c1-42-18-25-26(28(39)43-2)27(20-9-10-23(32)24(33)17-20)37(30(41)35-25)36(19-38)16-15-34-22-11-13-31(14-12-22,29(40)44-3)21-7-5-4-6-8-21;/h4-10,17,19,22,27,34H,11-16,18H2,1-3H3,(H,35,41);1H. The summed E-state index contributed by atoms with van der Waals surface area (Å²) in [5.41, 5.74) is 0.156. The molecule has 244 valence electrons. The van der Waals surface area contributed by atoms with Gasteiger partial charge in [-0.05, 0) is 48.9 Å². The van der Waals surface area contributed by atoms with Crippen molar-refractivity contribution in [2.75, 3.05) is 41.0 Å². The first-order chi connectivity index (χ1) is 21.2. The van der Waals surface area contributed by atoms with E-state index in [2.05, 4.69) is 10.6 Å². The zero-order valence-electron chi connectivity index (χ0n) is 25.2. The van der Waals surface area contributed by atoms with E-state index in [9.17, 15) is 28.0 Å². The highest BCUT2D eigenvalue weighted by atomic mass is 35.5. The maximum atomic E-state index is 14.4. The SMILES string of the molecule is COCC1=C(C(=O)OC)C(c2ccc(F)c(F)c2)N(N(C=O)CCNC2CCC(C(=O)OC)(c3ccccc3)CC2)C(=O)N1.Cl. The summed E-state index contributed by atoms with van der Waals surface area (Å²) in [4.78, 5) is 51.6. The Bertz CT molecular complexity index is 1400. The number of esters is 2. The molecule has 1 fully saturated rings. The van der Waals surface area contributed by atoms with Crippen molar-refractivity contribution in [3.63, 3.8) is 0 Å². The van der Waals surface area contributed by atoms with Crippen LogP contribution in [0.15, 0.2) is 59.8 Å². The molecule has 2 N–H and O–H groups in total. The molecule has 0 spiro atoms. The Morgan fingerprint density at radius 1 is 1.07 bits per heavy atom. The molecule has 11 nitrogen and oxygen atoms in total. The summed E-state index contributed by atoms with van der Waals surface area (Å²) in [6, 6.07) is 10.4. The second-order valence-corrected chi connectivity index (χ2v) is 10.6. The molecule has 2 aromatic rings. The largest absolute Gasteiger partial charge is 0.468 e. The van der Waals surface area contributed by atoms with Crippen molar-refractivity contribution in [2.45, 2.75) is 43.2 Å². The molecule has 2 aromatic carbocycles. The van der Waals surface area contributed by atoms with E-state index in [0.717, 1.165) is 34.8 Å². The highest BCUT2D eigenvalue weighted by Gasteiger charge is 2.45. The number of urea groups is 1. The lowest BCUT2D eigenvalue weighted by Gasteiger charge is -2.42. The molecule has 1 atom stereocenters. The van der Waals surface area contributed by atoms with E-state index in [-0.39, 0.29) is 60.9 Å². The molecular formula is C31H37ClF2N4O7. The molecule has 4 rings (SSSR count). The fourth-order valence-corrected chi connectivity index (χ4v) is 5.99. The Labute approximate surface area is 266 Å². The van der Waals surface area contributed by atoms with Crippen LogP contribution in [0.3, 0.4) is 0 Å². The molecule has 0 aromatic heterocycles. The van der Waals surface area contributed by atoms with E-state index in [1.807, 2.05) is 30.3 Å². The molecule has 1 heterocycles. The molecule has 14 heteroatoms. The number of hydrazine groups is 1. The number of ether oxygens (including phenoxy) is 3. The van der Waals surface area contributed by atoms with Crippen molar-refractivity contribution < 1.29 is 42.2 Å². The topological polar surface area (TPSA) is 127 Å². The van der Waals surface area contributed by atoms with Crippen molar-refractivity contribution in [3.8, 4) is 0 Å². The molecule has 3 amide bonds. The van der Waals surface area contributed by atoms with Crippen molar-refractivity contribution in [1.82, 2.24) is 20.7 Å². The van der Waals surface area contributed by atoms with Gasteiger partial charge in [-0.2, -0.15) is 0 Å². The maximum Gasteiger partial charge on any atom is 0.341 e. The normalized spacial score (nSPS) is 21.4. The summed E-state index contributed by atoms with van der Waals surface area (Å²) in [5, 5.41) is 7.99. The zero-order valence-corrected chi connectivity index (χ0v) is 26.0. The number of nitrogens with one attached hydrogen (secondary N) is 2. The van der Waals surface area contributed by atoms with E-state index >= 15 is 0 Å². The second kappa shape index (κ2) is 15.8. The second-order valence-electron chi connectivity index (χ2n) is 10.6. The molecule has 1 aliphatic heterocycles.